The summed E-state index contributed by atoms with van der Waals surface area (Å²) in [5.41, 5.74) is 6.57. The molecule has 0 radical (unpaired) electrons. The van der Waals surface area contributed by atoms with Crippen LogP contribution >= 0.6 is 0 Å². The van der Waals surface area contributed by atoms with Crippen LogP contribution in [0.5, 0.6) is 5.75 Å². The smallest absolute Gasteiger partial charge is 0.225 e. The minimum atomic E-state index is -3.29. The van der Waals surface area contributed by atoms with Gasteiger partial charge in [0.05, 0.1) is 30.9 Å². The van der Waals surface area contributed by atoms with E-state index in [0.717, 1.165) is 0 Å². The number of hydrogen-bond donors (Lipinski definition) is 2. The summed E-state index contributed by atoms with van der Waals surface area (Å²) in [6, 6.07) is 4.80. The number of methoxy groups -OCH3 is 2. The van der Waals surface area contributed by atoms with E-state index in [1.165, 1.54) is 14.2 Å². The van der Waals surface area contributed by atoms with Gasteiger partial charge in [-0.05, 0) is 12.1 Å². The predicted molar refractivity (Wildman–Crippen MR) is 81.2 cm³/mol. The van der Waals surface area contributed by atoms with Crippen molar-refractivity contribution in [1.29, 1.82) is 0 Å². The van der Waals surface area contributed by atoms with E-state index in [4.69, 9.17) is 15.2 Å². The van der Waals surface area contributed by atoms with Crippen molar-refractivity contribution in [2.24, 2.45) is 0 Å². The molecule has 0 heterocycles. The molecule has 1 amide bonds. The number of anilines is 2. The third kappa shape index (κ3) is 6.01. The van der Waals surface area contributed by atoms with Crippen molar-refractivity contribution in [3.05, 3.63) is 18.2 Å². The molecule has 21 heavy (non-hydrogen) atoms. The van der Waals surface area contributed by atoms with Gasteiger partial charge in [-0.1, -0.05) is 0 Å². The molecule has 0 aromatic heterocycles. The Balaban J connectivity index is 2.58. The maximum Gasteiger partial charge on any atom is 0.225 e. The van der Waals surface area contributed by atoms with Crippen LogP contribution in [0.15, 0.2) is 18.2 Å². The number of nitrogen functional groups attached to an aromatic ring is 1. The molecular formula is C13H20N2O5S. The number of carbonyl (C=O) groups excluding carboxylic acids is 1. The van der Waals surface area contributed by atoms with Crippen LogP contribution in [-0.2, 0) is 19.4 Å². The van der Waals surface area contributed by atoms with E-state index in [-0.39, 0.29) is 24.5 Å². The van der Waals surface area contributed by atoms with Crippen LogP contribution in [0, 0.1) is 0 Å². The van der Waals surface area contributed by atoms with E-state index in [2.05, 4.69) is 5.32 Å². The van der Waals surface area contributed by atoms with E-state index in [0.29, 0.717) is 17.1 Å². The fourth-order valence-electron chi connectivity index (χ4n) is 1.58. The summed E-state index contributed by atoms with van der Waals surface area (Å²) in [6.45, 7) is 0.121. The molecule has 7 nitrogen and oxygen atoms in total. The molecule has 0 aliphatic heterocycles. The molecule has 0 bridgehead atoms. The van der Waals surface area contributed by atoms with Crippen LogP contribution in [-0.4, -0.2) is 46.7 Å². The van der Waals surface area contributed by atoms with Gasteiger partial charge in [-0.2, -0.15) is 0 Å². The molecule has 0 aliphatic rings. The van der Waals surface area contributed by atoms with E-state index >= 15 is 0 Å². The van der Waals surface area contributed by atoms with Crippen LogP contribution in [0.2, 0.25) is 0 Å². The fourth-order valence-corrected chi connectivity index (χ4v) is 2.71. The molecule has 1 aromatic rings. The van der Waals surface area contributed by atoms with E-state index in [9.17, 15) is 13.2 Å². The Labute approximate surface area is 124 Å². The van der Waals surface area contributed by atoms with Crippen LogP contribution in [0.3, 0.4) is 0 Å². The Hall–Kier alpha value is -1.80. The summed E-state index contributed by atoms with van der Waals surface area (Å²) in [7, 11) is -0.406. The zero-order valence-corrected chi connectivity index (χ0v) is 12.9. The lowest BCUT2D eigenvalue weighted by molar-refractivity contribution is -0.115. The maximum absolute atomic E-state index is 11.8. The van der Waals surface area contributed by atoms with Crippen molar-refractivity contribution in [2.75, 3.05) is 43.4 Å². The van der Waals surface area contributed by atoms with Gasteiger partial charge in [0.15, 0.2) is 9.84 Å². The standard InChI is InChI=1S/C13H20N2O5S/c1-19-6-8-21(17,18)7-5-13(16)15-11-4-3-10(14)9-12(11)20-2/h3-4,9H,5-8,14H2,1-2H3,(H,15,16). The first-order chi connectivity index (χ1) is 9.88. The van der Waals surface area contributed by atoms with Gasteiger partial charge in [0.2, 0.25) is 5.91 Å². The van der Waals surface area contributed by atoms with Crippen LogP contribution < -0.4 is 15.8 Å². The number of sulfone groups is 1. The van der Waals surface area contributed by atoms with E-state index in [1.807, 2.05) is 0 Å². The summed E-state index contributed by atoms with van der Waals surface area (Å²) >= 11 is 0. The van der Waals surface area contributed by atoms with Crippen molar-refractivity contribution >= 4 is 27.1 Å². The average Bonchev–Trinajstić information content (AvgIpc) is 2.45. The number of rotatable bonds is 8. The van der Waals surface area contributed by atoms with E-state index < -0.39 is 15.7 Å². The number of amides is 1. The zero-order valence-electron chi connectivity index (χ0n) is 12.1. The van der Waals surface area contributed by atoms with E-state index in [1.54, 1.807) is 18.2 Å². The maximum atomic E-state index is 11.8. The third-order valence-corrected chi connectivity index (χ3v) is 4.35. The highest BCUT2D eigenvalue weighted by molar-refractivity contribution is 7.91. The molecule has 3 N–H and O–H groups in total. The highest BCUT2D eigenvalue weighted by atomic mass is 32.2. The Morgan fingerprint density at radius 3 is 2.62 bits per heavy atom. The van der Waals surface area contributed by atoms with Crippen molar-refractivity contribution in [3.8, 4) is 5.75 Å². The lowest BCUT2D eigenvalue weighted by atomic mass is 10.2. The first kappa shape index (κ1) is 17.3. The first-order valence-corrected chi connectivity index (χ1v) is 8.13. The third-order valence-electron chi connectivity index (χ3n) is 2.74. The summed E-state index contributed by atoms with van der Waals surface area (Å²) in [4.78, 5) is 11.8. The quantitative estimate of drug-likeness (QED) is 0.682. The van der Waals surface area contributed by atoms with Crippen LogP contribution in [0.1, 0.15) is 6.42 Å². The Morgan fingerprint density at radius 1 is 1.29 bits per heavy atom. The van der Waals surface area contributed by atoms with Gasteiger partial charge in [-0.25, -0.2) is 8.42 Å². The first-order valence-electron chi connectivity index (χ1n) is 6.30. The minimum absolute atomic E-state index is 0.0953. The molecule has 1 aromatic carbocycles. The molecular weight excluding hydrogens is 296 g/mol. The number of carbonyl (C=O) groups is 1. The Bertz CT molecular complexity index is 586. The monoisotopic (exact) mass is 316 g/mol. The lowest BCUT2D eigenvalue weighted by Crippen LogP contribution is -2.20. The van der Waals surface area contributed by atoms with Crippen molar-refractivity contribution < 1.29 is 22.7 Å². The molecule has 0 fully saturated rings. The normalized spacial score (nSPS) is 11.1. The molecule has 1 rings (SSSR count). The molecule has 0 saturated carbocycles. The summed E-state index contributed by atoms with van der Waals surface area (Å²) in [5, 5.41) is 2.60. The van der Waals surface area contributed by atoms with Crippen molar-refractivity contribution in [1.82, 2.24) is 0 Å². The Kier molecular flexibility index (Phi) is 6.44. The highest BCUT2D eigenvalue weighted by Crippen LogP contribution is 2.26. The topological polar surface area (TPSA) is 108 Å². The van der Waals surface area contributed by atoms with Gasteiger partial charge in [0.1, 0.15) is 5.75 Å². The number of ether oxygens (including phenoxy) is 2. The number of benzene rings is 1. The minimum Gasteiger partial charge on any atom is -0.494 e. The largest absolute Gasteiger partial charge is 0.494 e. The summed E-state index contributed by atoms with van der Waals surface area (Å²) in [6.07, 6.45) is -0.125. The number of nitrogens with one attached hydrogen (secondary N) is 1. The summed E-state index contributed by atoms with van der Waals surface area (Å²) < 4.78 is 33.0. The van der Waals surface area contributed by atoms with Gasteiger partial charge < -0.3 is 20.5 Å². The number of hydrogen-bond acceptors (Lipinski definition) is 6. The van der Waals surface area contributed by atoms with Gasteiger partial charge in [-0.15, -0.1) is 0 Å². The molecule has 0 atom stereocenters. The van der Waals surface area contributed by atoms with Crippen molar-refractivity contribution in [2.45, 2.75) is 6.42 Å². The van der Waals surface area contributed by atoms with Crippen molar-refractivity contribution in [3.63, 3.8) is 0 Å². The van der Waals surface area contributed by atoms with Crippen LogP contribution in [0.25, 0.3) is 0 Å². The molecule has 0 aliphatic carbocycles. The zero-order chi connectivity index (χ0) is 15.9. The average molecular weight is 316 g/mol. The molecule has 0 unspecified atom stereocenters. The lowest BCUT2D eigenvalue weighted by Gasteiger charge is -2.11. The second kappa shape index (κ2) is 7.84. The SMILES string of the molecule is COCCS(=O)(=O)CCC(=O)Nc1ccc(N)cc1OC. The molecule has 0 saturated heterocycles. The van der Waals surface area contributed by atoms with Gasteiger partial charge >= 0.3 is 0 Å². The Morgan fingerprint density at radius 2 is 2.00 bits per heavy atom. The molecule has 118 valence electrons. The van der Waals surface area contributed by atoms with Crippen LogP contribution in [0.4, 0.5) is 11.4 Å². The van der Waals surface area contributed by atoms with Gasteiger partial charge in [0, 0.05) is 25.3 Å². The van der Waals surface area contributed by atoms with Gasteiger partial charge in [0.25, 0.3) is 0 Å². The predicted octanol–water partition coefficient (Wildman–Crippen LogP) is 0.667. The molecule has 0 spiro atoms. The second-order valence-corrected chi connectivity index (χ2v) is 6.71. The molecule has 8 heteroatoms. The second-order valence-electron chi connectivity index (χ2n) is 4.40. The summed E-state index contributed by atoms with van der Waals surface area (Å²) in [5.74, 6) is -0.300. The number of nitrogens with two attached hydrogens (primary N) is 1. The fraction of sp³-hybridized carbons (Fsp3) is 0.462. The highest BCUT2D eigenvalue weighted by Gasteiger charge is 2.14. The van der Waals surface area contributed by atoms with Gasteiger partial charge in [-0.3, -0.25) is 4.79 Å².